The number of nitrogens with zero attached hydrogens (tertiary/aromatic N) is 1. The maximum Gasteiger partial charge on any atom is 0.472 e. The van der Waals surface area contributed by atoms with Gasteiger partial charge in [0.1, 0.15) is 19.8 Å². The number of unbranched alkanes of at least 4 members (excludes halogenated alkanes) is 12. The summed E-state index contributed by atoms with van der Waals surface area (Å²) < 4.78 is 34.1. The highest BCUT2D eigenvalue weighted by Gasteiger charge is 2.27. The Kier molecular flexibility index (Phi) is 31.5. The lowest BCUT2D eigenvalue weighted by Gasteiger charge is -2.24. The Bertz CT molecular complexity index is 1000. The number of rotatable bonds is 34. The van der Waals surface area contributed by atoms with Gasteiger partial charge in [0.05, 0.1) is 27.7 Å². The second-order valence-corrected chi connectivity index (χ2v) is 15.4. The minimum Gasteiger partial charge on any atom is -0.462 e. The van der Waals surface area contributed by atoms with E-state index in [1.807, 2.05) is 21.1 Å². The van der Waals surface area contributed by atoms with Gasteiger partial charge < -0.3 is 18.9 Å². The summed E-state index contributed by atoms with van der Waals surface area (Å²) in [7, 11) is 1.46. The largest absolute Gasteiger partial charge is 0.472 e. The molecule has 0 heterocycles. The van der Waals surface area contributed by atoms with Crippen molar-refractivity contribution in [1.82, 2.24) is 0 Å². The van der Waals surface area contributed by atoms with Crippen LogP contribution in [0.5, 0.6) is 0 Å². The van der Waals surface area contributed by atoms with Crippen LogP contribution in [0.1, 0.15) is 142 Å². The molecular formula is C40H73NO8P+. The Balaban J connectivity index is 4.37. The van der Waals surface area contributed by atoms with Gasteiger partial charge in [-0.3, -0.25) is 18.6 Å². The number of hydrogen-bond donors (Lipinski definition) is 1. The SMILES string of the molecule is CC/C=C\C/C=C\C/C=C\C/C=C\CCCCCCCCC(=O)OC(COC(=O)CCCCCCCCC)COP(=O)(O)OCC[N+](C)(C)C. The molecule has 0 fully saturated rings. The minimum absolute atomic E-state index is 0.0274. The molecule has 290 valence electrons. The molecule has 0 saturated heterocycles. The van der Waals surface area contributed by atoms with Crippen LogP contribution in [0.3, 0.4) is 0 Å². The Morgan fingerprint density at radius 2 is 1.14 bits per heavy atom. The van der Waals surface area contributed by atoms with Crippen molar-refractivity contribution in [3.05, 3.63) is 48.6 Å². The number of ether oxygens (including phenoxy) is 2. The van der Waals surface area contributed by atoms with Crippen LogP contribution >= 0.6 is 7.82 Å². The average Bonchev–Trinajstić information content (AvgIpc) is 3.06. The lowest BCUT2D eigenvalue weighted by atomic mass is 10.1. The van der Waals surface area contributed by atoms with Crippen LogP contribution < -0.4 is 0 Å². The number of allylic oxidation sites excluding steroid dienone is 8. The standard InChI is InChI=1S/C40H72NO8P/c1-6-8-10-12-14-15-16-17-18-19-20-21-22-23-24-25-27-29-31-33-40(43)49-38(37-48-50(44,45)47-35-34-41(3,4)5)36-46-39(42)32-30-28-26-13-11-9-7-2/h8,10,14-15,17-18,20-21,38H,6-7,9,11-13,16,19,22-37H2,1-5H3/p+1/b10-8-,15-14-,18-17-,21-20-. The van der Waals surface area contributed by atoms with E-state index in [-0.39, 0.29) is 32.0 Å². The lowest BCUT2D eigenvalue weighted by molar-refractivity contribution is -0.870. The van der Waals surface area contributed by atoms with Gasteiger partial charge >= 0.3 is 19.8 Å². The summed E-state index contributed by atoms with van der Waals surface area (Å²) in [5.74, 6) is -0.826. The van der Waals surface area contributed by atoms with Gasteiger partial charge in [-0.05, 0) is 51.4 Å². The fraction of sp³-hybridized carbons (Fsp3) is 0.750. The summed E-state index contributed by atoms with van der Waals surface area (Å²) in [6.45, 7) is 4.22. The van der Waals surface area contributed by atoms with Crippen LogP contribution in [0.2, 0.25) is 0 Å². The molecule has 0 saturated carbocycles. The van der Waals surface area contributed by atoms with Gasteiger partial charge in [-0.1, -0.05) is 127 Å². The first kappa shape index (κ1) is 48.0. The summed E-state index contributed by atoms with van der Waals surface area (Å²) in [4.78, 5) is 35.0. The van der Waals surface area contributed by atoms with Crippen molar-refractivity contribution in [3.63, 3.8) is 0 Å². The zero-order chi connectivity index (χ0) is 37.2. The van der Waals surface area contributed by atoms with Crippen LogP contribution in [0, 0.1) is 0 Å². The first-order chi connectivity index (χ1) is 24.0. The fourth-order valence-corrected chi connectivity index (χ4v) is 5.57. The first-order valence-corrected chi connectivity index (χ1v) is 20.9. The van der Waals surface area contributed by atoms with E-state index in [0.29, 0.717) is 17.4 Å². The molecule has 0 radical (unpaired) electrons. The Morgan fingerprint density at radius 1 is 0.640 bits per heavy atom. The van der Waals surface area contributed by atoms with Crippen LogP contribution in [0.25, 0.3) is 0 Å². The Morgan fingerprint density at radius 3 is 1.70 bits per heavy atom. The van der Waals surface area contributed by atoms with Crippen molar-refractivity contribution in [2.45, 2.75) is 148 Å². The van der Waals surface area contributed by atoms with Crippen molar-refractivity contribution in [2.75, 3.05) is 47.5 Å². The predicted octanol–water partition coefficient (Wildman–Crippen LogP) is 10.3. The van der Waals surface area contributed by atoms with E-state index >= 15 is 0 Å². The molecule has 0 aliphatic carbocycles. The molecule has 0 aromatic carbocycles. The average molecular weight is 727 g/mol. The number of carbonyl (C=O) groups excluding carboxylic acids is 2. The van der Waals surface area contributed by atoms with Crippen molar-refractivity contribution in [1.29, 1.82) is 0 Å². The highest BCUT2D eigenvalue weighted by Crippen LogP contribution is 2.43. The Hall–Kier alpha value is -2.03. The minimum atomic E-state index is -4.37. The summed E-state index contributed by atoms with van der Waals surface area (Å²) in [6, 6.07) is 0. The number of quaternary nitrogens is 1. The maximum absolute atomic E-state index is 12.6. The fourth-order valence-electron chi connectivity index (χ4n) is 4.83. The van der Waals surface area contributed by atoms with E-state index in [4.69, 9.17) is 18.5 Å². The first-order valence-electron chi connectivity index (χ1n) is 19.4. The van der Waals surface area contributed by atoms with Crippen molar-refractivity contribution in [2.24, 2.45) is 0 Å². The van der Waals surface area contributed by atoms with Gasteiger partial charge in [0.15, 0.2) is 6.10 Å². The van der Waals surface area contributed by atoms with Gasteiger partial charge in [-0.25, -0.2) is 4.57 Å². The smallest absolute Gasteiger partial charge is 0.462 e. The van der Waals surface area contributed by atoms with Crippen LogP contribution in [0.4, 0.5) is 0 Å². The molecule has 9 nitrogen and oxygen atoms in total. The highest BCUT2D eigenvalue weighted by atomic mass is 31.2. The lowest BCUT2D eigenvalue weighted by Crippen LogP contribution is -2.37. The van der Waals surface area contributed by atoms with E-state index < -0.39 is 26.5 Å². The van der Waals surface area contributed by atoms with Crippen molar-refractivity contribution >= 4 is 19.8 Å². The summed E-state index contributed by atoms with van der Waals surface area (Å²) >= 11 is 0. The monoisotopic (exact) mass is 727 g/mol. The van der Waals surface area contributed by atoms with E-state index in [9.17, 15) is 19.0 Å². The van der Waals surface area contributed by atoms with Gasteiger partial charge in [-0.2, -0.15) is 0 Å². The molecule has 0 bridgehead atoms. The molecule has 50 heavy (non-hydrogen) atoms. The van der Waals surface area contributed by atoms with E-state index in [0.717, 1.165) is 83.5 Å². The predicted molar refractivity (Wildman–Crippen MR) is 206 cm³/mol. The molecule has 0 rings (SSSR count). The third kappa shape index (κ3) is 35.8. The van der Waals surface area contributed by atoms with E-state index in [1.165, 1.54) is 25.7 Å². The molecular weight excluding hydrogens is 653 g/mol. The number of phosphoric acid groups is 1. The number of likely N-dealkylation sites (N-methyl/N-ethyl adjacent to an activating group) is 1. The second-order valence-electron chi connectivity index (χ2n) is 13.9. The van der Waals surface area contributed by atoms with Crippen molar-refractivity contribution < 1.29 is 42.1 Å². The Labute approximate surface area is 305 Å². The number of phosphoric ester groups is 1. The molecule has 10 heteroatoms. The summed E-state index contributed by atoms with van der Waals surface area (Å²) in [5.41, 5.74) is 0. The molecule has 2 atom stereocenters. The topological polar surface area (TPSA) is 108 Å². The van der Waals surface area contributed by atoms with Crippen LogP contribution in [0.15, 0.2) is 48.6 Å². The molecule has 2 unspecified atom stereocenters. The van der Waals surface area contributed by atoms with Gasteiger partial charge in [0.25, 0.3) is 0 Å². The number of esters is 2. The molecule has 0 aliphatic heterocycles. The summed E-state index contributed by atoms with van der Waals surface area (Å²) in [5, 5.41) is 0. The number of hydrogen-bond acceptors (Lipinski definition) is 7. The van der Waals surface area contributed by atoms with Crippen LogP contribution in [-0.2, 0) is 32.7 Å². The second kappa shape index (κ2) is 32.8. The van der Waals surface area contributed by atoms with Crippen LogP contribution in [-0.4, -0.2) is 74.9 Å². The molecule has 0 aliphatic rings. The molecule has 0 aromatic heterocycles. The zero-order valence-corrected chi connectivity index (χ0v) is 33.3. The van der Waals surface area contributed by atoms with Gasteiger partial charge in [0, 0.05) is 12.8 Å². The third-order valence-electron chi connectivity index (χ3n) is 7.87. The normalized spacial score (nSPS) is 14.3. The quantitative estimate of drug-likeness (QED) is 0.0230. The van der Waals surface area contributed by atoms with Gasteiger partial charge in [0.2, 0.25) is 0 Å². The molecule has 0 aromatic rings. The van der Waals surface area contributed by atoms with Gasteiger partial charge in [-0.15, -0.1) is 0 Å². The zero-order valence-electron chi connectivity index (χ0n) is 32.4. The van der Waals surface area contributed by atoms with Crippen molar-refractivity contribution in [3.8, 4) is 0 Å². The summed E-state index contributed by atoms with van der Waals surface area (Å²) in [6.07, 6.45) is 36.0. The highest BCUT2D eigenvalue weighted by molar-refractivity contribution is 7.47. The van der Waals surface area contributed by atoms with E-state index in [1.54, 1.807) is 0 Å². The molecule has 0 amide bonds. The van der Waals surface area contributed by atoms with E-state index in [2.05, 4.69) is 62.5 Å². The third-order valence-corrected chi connectivity index (χ3v) is 8.86. The molecule has 1 N–H and O–H groups in total. The number of carbonyl (C=O) groups is 2. The maximum atomic E-state index is 12.6. The molecule has 0 spiro atoms.